The zero-order valence-corrected chi connectivity index (χ0v) is 12.4. The van der Waals surface area contributed by atoms with Gasteiger partial charge in [-0.1, -0.05) is 13.8 Å². The molecule has 1 atom stereocenters. The third kappa shape index (κ3) is 3.40. The van der Waals surface area contributed by atoms with Gasteiger partial charge < -0.3 is 14.9 Å². The number of ether oxygens (including phenoxy) is 1. The minimum Gasteiger partial charge on any atom is -0.472 e. The molecule has 108 valence electrons. The maximum absolute atomic E-state index is 6.48. The molecule has 0 aliphatic heterocycles. The number of nitrogens with two attached hydrogens (primary N) is 1. The number of hydrogen-bond acceptors (Lipinski definition) is 3. The van der Waals surface area contributed by atoms with E-state index in [4.69, 9.17) is 14.9 Å². The smallest absolute Gasteiger partial charge is 0.0935 e. The largest absolute Gasteiger partial charge is 0.472 e. The van der Waals surface area contributed by atoms with Crippen LogP contribution in [0.1, 0.15) is 52.0 Å². The highest BCUT2D eigenvalue weighted by molar-refractivity contribution is 5.11. The van der Waals surface area contributed by atoms with Crippen LogP contribution in [0.5, 0.6) is 0 Å². The first-order chi connectivity index (χ1) is 8.97. The lowest BCUT2D eigenvalue weighted by Crippen LogP contribution is -2.54. The van der Waals surface area contributed by atoms with Crippen molar-refractivity contribution in [2.24, 2.45) is 11.1 Å². The molecule has 0 amide bonds. The third-order valence-corrected chi connectivity index (χ3v) is 4.59. The molecular formula is C16H27NO2. The minimum atomic E-state index is -0.151. The minimum absolute atomic E-state index is 0.0427. The molecule has 0 bridgehead atoms. The normalized spacial score (nSPS) is 23.2. The summed E-state index contributed by atoms with van der Waals surface area (Å²) in [5, 5.41) is 0. The highest BCUT2D eigenvalue weighted by Gasteiger charge is 2.43. The Hall–Kier alpha value is -0.800. The van der Waals surface area contributed by atoms with Crippen molar-refractivity contribution in [1.82, 2.24) is 0 Å². The second-order valence-electron chi connectivity index (χ2n) is 6.60. The van der Waals surface area contributed by atoms with Gasteiger partial charge in [0, 0.05) is 12.6 Å². The van der Waals surface area contributed by atoms with Gasteiger partial charge >= 0.3 is 0 Å². The zero-order chi connectivity index (χ0) is 13.9. The summed E-state index contributed by atoms with van der Waals surface area (Å²) in [6.07, 6.45) is 8.82. The predicted octanol–water partition coefficient (Wildman–Crippen LogP) is 3.52. The molecule has 2 rings (SSSR count). The van der Waals surface area contributed by atoms with E-state index >= 15 is 0 Å². The Morgan fingerprint density at radius 3 is 2.53 bits per heavy atom. The van der Waals surface area contributed by atoms with Crippen LogP contribution in [0, 0.1) is 5.41 Å². The summed E-state index contributed by atoms with van der Waals surface area (Å²) >= 11 is 0. The maximum atomic E-state index is 6.48. The molecule has 0 radical (unpaired) electrons. The van der Waals surface area contributed by atoms with Crippen molar-refractivity contribution in [3.8, 4) is 0 Å². The summed E-state index contributed by atoms with van der Waals surface area (Å²) in [5.74, 6) is 0. The van der Waals surface area contributed by atoms with Crippen LogP contribution in [0.2, 0.25) is 0 Å². The molecule has 3 nitrogen and oxygen atoms in total. The number of rotatable bonds is 5. The van der Waals surface area contributed by atoms with Crippen molar-refractivity contribution < 1.29 is 9.15 Å². The van der Waals surface area contributed by atoms with Gasteiger partial charge in [-0.05, 0) is 56.1 Å². The summed E-state index contributed by atoms with van der Waals surface area (Å²) in [6, 6.07) is 2.04. The molecule has 0 aromatic carbocycles. The van der Waals surface area contributed by atoms with Crippen molar-refractivity contribution in [1.29, 1.82) is 0 Å². The molecule has 1 aliphatic rings. The number of hydrogen-bond donors (Lipinski definition) is 1. The molecule has 3 heteroatoms. The van der Waals surface area contributed by atoms with Crippen LogP contribution in [0.15, 0.2) is 23.0 Å². The monoisotopic (exact) mass is 265 g/mol. The Labute approximate surface area is 116 Å². The standard InChI is InChI=1S/C16H27NO2/c1-4-19-16(8-6-15(2,3)7-9-16)14(17)11-13-5-10-18-12-13/h5,10,12,14H,4,6-9,11,17H2,1-3H3. The van der Waals surface area contributed by atoms with Crippen molar-refractivity contribution in [3.63, 3.8) is 0 Å². The maximum Gasteiger partial charge on any atom is 0.0935 e. The lowest BCUT2D eigenvalue weighted by Gasteiger charge is -2.46. The molecule has 1 unspecified atom stereocenters. The topological polar surface area (TPSA) is 48.4 Å². The first kappa shape index (κ1) is 14.6. The van der Waals surface area contributed by atoms with Gasteiger partial charge in [0.2, 0.25) is 0 Å². The molecule has 1 heterocycles. The fourth-order valence-corrected chi connectivity index (χ4v) is 3.11. The van der Waals surface area contributed by atoms with Gasteiger partial charge in [-0.15, -0.1) is 0 Å². The summed E-state index contributed by atoms with van der Waals surface area (Å²) in [4.78, 5) is 0. The quantitative estimate of drug-likeness (QED) is 0.886. The van der Waals surface area contributed by atoms with E-state index in [9.17, 15) is 0 Å². The van der Waals surface area contributed by atoms with Crippen molar-refractivity contribution in [3.05, 3.63) is 24.2 Å². The van der Waals surface area contributed by atoms with Gasteiger partial charge in [0.05, 0.1) is 18.1 Å². The van der Waals surface area contributed by atoms with Gasteiger partial charge in [-0.3, -0.25) is 0 Å². The van der Waals surface area contributed by atoms with E-state index in [1.807, 2.05) is 6.07 Å². The summed E-state index contributed by atoms with van der Waals surface area (Å²) in [6.45, 7) is 7.47. The highest BCUT2D eigenvalue weighted by atomic mass is 16.5. The molecule has 1 aliphatic carbocycles. The lowest BCUT2D eigenvalue weighted by atomic mass is 9.68. The second-order valence-corrected chi connectivity index (χ2v) is 6.60. The molecule has 2 N–H and O–H groups in total. The Morgan fingerprint density at radius 2 is 2.00 bits per heavy atom. The molecule has 1 aromatic heterocycles. The van der Waals surface area contributed by atoms with Crippen LogP contribution in [-0.2, 0) is 11.2 Å². The molecule has 0 saturated heterocycles. The van der Waals surface area contributed by atoms with Crippen LogP contribution in [0.4, 0.5) is 0 Å². The summed E-state index contributed by atoms with van der Waals surface area (Å²) in [5.41, 5.74) is 7.92. The molecule has 19 heavy (non-hydrogen) atoms. The van der Waals surface area contributed by atoms with E-state index in [-0.39, 0.29) is 11.6 Å². The third-order valence-electron chi connectivity index (χ3n) is 4.59. The lowest BCUT2D eigenvalue weighted by molar-refractivity contribution is -0.0987. The van der Waals surface area contributed by atoms with Crippen LogP contribution in [0.25, 0.3) is 0 Å². The van der Waals surface area contributed by atoms with E-state index in [1.54, 1.807) is 12.5 Å². The van der Waals surface area contributed by atoms with Gasteiger partial charge in [0.25, 0.3) is 0 Å². The fourth-order valence-electron chi connectivity index (χ4n) is 3.11. The van der Waals surface area contributed by atoms with E-state index in [0.29, 0.717) is 5.41 Å². The first-order valence-corrected chi connectivity index (χ1v) is 7.38. The Bertz CT molecular complexity index is 373. The van der Waals surface area contributed by atoms with Crippen molar-refractivity contribution in [2.45, 2.75) is 64.5 Å². The van der Waals surface area contributed by atoms with Crippen molar-refractivity contribution >= 4 is 0 Å². The van der Waals surface area contributed by atoms with Crippen LogP contribution in [0.3, 0.4) is 0 Å². The van der Waals surface area contributed by atoms with E-state index in [1.165, 1.54) is 12.8 Å². The van der Waals surface area contributed by atoms with Crippen LogP contribution in [-0.4, -0.2) is 18.2 Å². The van der Waals surface area contributed by atoms with Crippen LogP contribution >= 0.6 is 0 Å². The first-order valence-electron chi connectivity index (χ1n) is 7.38. The predicted molar refractivity (Wildman–Crippen MR) is 77.0 cm³/mol. The van der Waals surface area contributed by atoms with E-state index < -0.39 is 0 Å². The average molecular weight is 265 g/mol. The Kier molecular flexibility index (Phi) is 4.36. The zero-order valence-electron chi connectivity index (χ0n) is 12.4. The van der Waals surface area contributed by atoms with Gasteiger partial charge in [-0.25, -0.2) is 0 Å². The molecule has 1 aromatic rings. The van der Waals surface area contributed by atoms with E-state index in [2.05, 4.69) is 20.8 Å². The van der Waals surface area contributed by atoms with E-state index in [0.717, 1.165) is 31.4 Å². The summed E-state index contributed by atoms with van der Waals surface area (Å²) in [7, 11) is 0. The molecule has 1 saturated carbocycles. The fraction of sp³-hybridized carbons (Fsp3) is 0.750. The Balaban J connectivity index is 2.06. The molecule has 0 spiro atoms. The van der Waals surface area contributed by atoms with Crippen molar-refractivity contribution in [2.75, 3.05) is 6.61 Å². The van der Waals surface area contributed by atoms with Gasteiger partial charge in [0.1, 0.15) is 0 Å². The molecule has 1 fully saturated rings. The highest BCUT2D eigenvalue weighted by Crippen LogP contribution is 2.43. The van der Waals surface area contributed by atoms with Gasteiger partial charge in [-0.2, -0.15) is 0 Å². The number of furan rings is 1. The average Bonchev–Trinajstić information content (AvgIpc) is 2.85. The SMILES string of the molecule is CCOC1(C(N)Cc2ccoc2)CCC(C)(C)CC1. The Morgan fingerprint density at radius 1 is 1.32 bits per heavy atom. The molecular weight excluding hydrogens is 238 g/mol. The summed E-state index contributed by atoms with van der Waals surface area (Å²) < 4.78 is 11.3. The van der Waals surface area contributed by atoms with Gasteiger partial charge in [0.15, 0.2) is 0 Å². The second kappa shape index (κ2) is 5.68. The van der Waals surface area contributed by atoms with Crippen LogP contribution < -0.4 is 5.73 Å².